The predicted molar refractivity (Wildman–Crippen MR) is 129 cm³/mol. The lowest BCUT2D eigenvalue weighted by atomic mass is 10.1. The largest absolute Gasteiger partial charge is 0.421 e. The lowest BCUT2D eigenvalue weighted by Crippen LogP contribution is -2.44. The van der Waals surface area contributed by atoms with Gasteiger partial charge in [0.2, 0.25) is 5.88 Å². The number of nitrogens with zero attached hydrogens (tertiary/aromatic N) is 5. The Bertz CT molecular complexity index is 1360. The molecular formula is C24H27F2N7O2. The Labute approximate surface area is 201 Å². The molecule has 9 nitrogen and oxygen atoms in total. The zero-order chi connectivity index (χ0) is 24.7. The third kappa shape index (κ3) is 4.76. The second-order valence-corrected chi connectivity index (χ2v) is 9.09. The number of aromatic amines is 1. The van der Waals surface area contributed by atoms with Gasteiger partial charge in [0.05, 0.1) is 11.2 Å². The SMILES string of the molecule is Cc1cc2c(F)c(Oc3nc(Nc4cc(C(C)C)no4)cc(N4CCN(C)CC4)n3)cc(F)c2[nH]1. The molecule has 1 saturated heterocycles. The molecule has 3 aromatic heterocycles. The van der Waals surface area contributed by atoms with Gasteiger partial charge in [-0.1, -0.05) is 19.0 Å². The number of rotatable bonds is 6. The average Bonchev–Trinajstić information content (AvgIpc) is 3.45. The van der Waals surface area contributed by atoms with Crippen molar-refractivity contribution in [1.82, 2.24) is 25.0 Å². The van der Waals surface area contributed by atoms with Gasteiger partial charge in [0.1, 0.15) is 11.6 Å². The Balaban J connectivity index is 1.50. The summed E-state index contributed by atoms with van der Waals surface area (Å²) in [5.41, 5.74) is 1.53. The van der Waals surface area contributed by atoms with E-state index < -0.39 is 11.6 Å². The van der Waals surface area contributed by atoms with Crippen molar-refractivity contribution in [2.24, 2.45) is 0 Å². The van der Waals surface area contributed by atoms with Gasteiger partial charge in [0, 0.05) is 55.5 Å². The van der Waals surface area contributed by atoms with Gasteiger partial charge in [-0.25, -0.2) is 8.78 Å². The number of hydrogen-bond acceptors (Lipinski definition) is 8. The maximum absolute atomic E-state index is 15.2. The molecule has 0 atom stereocenters. The molecule has 1 fully saturated rings. The Morgan fingerprint density at radius 2 is 1.86 bits per heavy atom. The summed E-state index contributed by atoms with van der Waals surface area (Å²) >= 11 is 0. The Morgan fingerprint density at radius 1 is 1.09 bits per heavy atom. The van der Waals surface area contributed by atoms with E-state index in [-0.39, 0.29) is 28.6 Å². The van der Waals surface area contributed by atoms with Crippen LogP contribution in [0, 0.1) is 18.6 Å². The summed E-state index contributed by atoms with van der Waals surface area (Å²) < 4.78 is 40.9. The minimum atomic E-state index is -0.689. The molecule has 0 spiro atoms. The van der Waals surface area contributed by atoms with Crippen molar-refractivity contribution < 1.29 is 18.0 Å². The molecule has 184 valence electrons. The highest BCUT2D eigenvalue weighted by Gasteiger charge is 2.21. The zero-order valence-corrected chi connectivity index (χ0v) is 20.0. The number of piperazine rings is 1. The number of fused-ring (bicyclic) bond motifs is 1. The van der Waals surface area contributed by atoms with Crippen LogP contribution in [-0.4, -0.2) is 58.2 Å². The van der Waals surface area contributed by atoms with Gasteiger partial charge >= 0.3 is 6.01 Å². The number of benzene rings is 1. The van der Waals surface area contributed by atoms with Gasteiger partial charge in [-0.2, -0.15) is 9.97 Å². The first-order valence-corrected chi connectivity index (χ1v) is 11.5. The zero-order valence-electron chi connectivity index (χ0n) is 20.0. The van der Waals surface area contributed by atoms with Crippen molar-refractivity contribution in [2.75, 3.05) is 43.4 Å². The van der Waals surface area contributed by atoms with E-state index in [1.165, 1.54) is 6.07 Å². The van der Waals surface area contributed by atoms with Gasteiger partial charge in [-0.3, -0.25) is 0 Å². The summed E-state index contributed by atoms with van der Waals surface area (Å²) in [6.07, 6.45) is 0. The van der Waals surface area contributed by atoms with Crippen molar-refractivity contribution in [3.05, 3.63) is 47.3 Å². The van der Waals surface area contributed by atoms with Crippen LogP contribution < -0.4 is 15.0 Å². The number of nitrogens with one attached hydrogen (secondary N) is 2. The number of anilines is 3. The number of halogens is 2. The number of aryl methyl sites for hydroxylation is 1. The molecule has 1 aliphatic heterocycles. The Hall–Kier alpha value is -3.73. The lowest BCUT2D eigenvalue weighted by Gasteiger charge is -2.33. The summed E-state index contributed by atoms with van der Waals surface area (Å²) in [6, 6.07) is 5.98. The highest BCUT2D eigenvalue weighted by molar-refractivity contribution is 5.83. The summed E-state index contributed by atoms with van der Waals surface area (Å²) in [5, 5.41) is 7.24. The van der Waals surface area contributed by atoms with Crippen LogP contribution >= 0.6 is 0 Å². The van der Waals surface area contributed by atoms with E-state index in [2.05, 4.69) is 42.3 Å². The van der Waals surface area contributed by atoms with Gasteiger partial charge in [0.15, 0.2) is 17.4 Å². The summed E-state index contributed by atoms with van der Waals surface area (Å²) in [4.78, 5) is 16.0. The standard InChI is InChI=1S/C24H27F2N7O2/c1-13(2)17-11-21(35-31-17)28-19-12-20(33-7-5-32(4)6-8-33)30-24(29-19)34-18-10-16(25)23-15(22(18)26)9-14(3)27-23/h9-13,27H,5-8H2,1-4H3,(H,28,29,30). The molecule has 5 rings (SSSR count). The second kappa shape index (κ2) is 9.14. The minimum absolute atomic E-state index is 0.0908. The maximum atomic E-state index is 15.2. The van der Waals surface area contributed by atoms with Gasteiger partial charge in [0.25, 0.3) is 0 Å². The third-order valence-electron chi connectivity index (χ3n) is 5.99. The summed E-state index contributed by atoms with van der Waals surface area (Å²) in [6.45, 7) is 9.00. The van der Waals surface area contributed by atoms with Crippen LogP contribution in [0.2, 0.25) is 0 Å². The molecule has 4 heterocycles. The van der Waals surface area contributed by atoms with Crippen LogP contribution in [0.1, 0.15) is 31.2 Å². The fourth-order valence-electron chi connectivity index (χ4n) is 3.97. The highest BCUT2D eigenvalue weighted by atomic mass is 19.1. The second-order valence-electron chi connectivity index (χ2n) is 9.09. The van der Waals surface area contributed by atoms with Gasteiger partial charge < -0.3 is 29.4 Å². The first kappa shape index (κ1) is 23.0. The molecule has 0 radical (unpaired) electrons. The van der Waals surface area contributed by atoms with E-state index >= 15 is 4.39 Å². The molecule has 0 aliphatic carbocycles. The fraction of sp³-hybridized carbons (Fsp3) is 0.375. The average molecular weight is 484 g/mol. The van der Waals surface area contributed by atoms with E-state index in [1.807, 2.05) is 13.8 Å². The van der Waals surface area contributed by atoms with E-state index in [4.69, 9.17) is 9.26 Å². The molecule has 0 amide bonds. The molecule has 0 unspecified atom stereocenters. The summed E-state index contributed by atoms with van der Waals surface area (Å²) in [7, 11) is 2.06. The van der Waals surface area contributed by atoms with Crippen molar-refractivity contribution in [2.45, 2.75) is 26.7 Å². The first-order valence-electron chi connectivity index (χ1n) is 11.5. The van der Waals surface area contributed by atoms with Crippen LogP contribution in [0.5, 0.6) is 11.8 Å². The number of H-pyrrole nitrogens is 1. The molecule has 1 aromatic carbocycles. The van der Waals surface area contributed by atoms with Crippen LogP contribution in [0.3, 0.4) is 0 Å². The fourth-order valence-corrected chi connectivity index (χ4v) is 3.97. The van der Waals surface area contributed by atoms with Crippen molar-refractivity contribution in [3.63, 3.8) is 0 Å². The molecular weight excluding hydrogens is 456 g/mol. The molecule has 35 heavy (non-hydrogen) atoms. The Kier molecular flexibility index (Phi) is 6.01. The molecule has 0 bridgehead atoms. The smallest absolute Gasteiger partial charge is 0.326 e. The number of ether oxygens (including phenoxy) is 1. The lowest BCUT2D eigenvalue weighted by molar-refractivity contribution is 0.311. The minimum Gasteiger partial charge on any atom is -0.421 e. The third-order valence-corrected chi connectivity index (χ3v) is 5.99. The normalized spacial score (nSPS) is 14.8. The summed E-state index contributed by atoms with van der Waals surface area (Å²) in [5.74, 6) is -0.0131. The number of likely N-dealkylation sites (N-methyl/N-ethyl adjacent to an activating group) is 1. The van der Waals surface area contributed by atoms with E-state index in [0.717, 1.165) is 37.9 Å². The van der Waals surface area contributed by atoms with Gasteiger partial charge in [-0.15, -0.1) is 0 Å². The molecule has 0 saturated carbocycles. The molecule has 2 N–H and O–H groups in total. The van der Waals surface area contributed by atoms with Crippen molar-refractivity contribution >= 4 is 28.4 Å². The molecule has 11 heteroatoms. The van der Waals surface area contributed by atoms with Gasteiger partial charge in [-0.05, 0) is 26.0 Å². The number of hydrogen-bond donors (Lipinski definition) is 2. The van der Waals surface area contributed by atoms with Crippen molar-refractivity contribution in [3.8, 4) is 11.8 Å². The van der Waals surface area contributed by atoms with Crippen LogP contribution in [0.15, 0.2) is 28.8 Å². The van der Waals surface area contributed by atoms with E-state index in [9.17, 15) is 4.39 Å². The molecule has 4 aromatic rings. The molecule has 1 aliphatic rings. The van der Waals surface area contributed by atoms with E-state index in [1.54, 1.807) is 19.1 Å². The topological polar surface area (TPSA) is 95.3 Å². The van der Waals surface area contributed by atoms with Crippen LogP contribution in [0.4, 0.5) is 26.3 Å². The van der Waals surface area contributed by atoms with Crippen LogP contribution in [-0.2, 0) is 0 Å². The monoisotopic (exact) mass is 483 g/mol. The number of aromatic nitrogens is 4. The highest BCUT2D eigenvalue weighted by Crippen LogP contribution is 2.33. The predicted octanol–water partition coefficient (Wildman–Crippen LogP) is 4.94. The van der Waals surface area contributed by atoms with Crippen LogP contribution in [0.25, 0.3) is 10.9 Å². The maximum Gasteiger partial charge on any atom is 0.326 e. The Morgan fingerprint density at radius 3 is 2.57 bits per heavy atom. The van der Waals surface area contributed by atoms with E-state index in [0.29, 0.717) is 23.2 Å². The quantitative estimate of drug-likeness (QED) is 0.398. The van der Waals surface area contributed by atoms with Crippen molar-refractivity contribution in [1.29, 1.82) is 0 Å². The first-order chi connectivity index (χ1) is 16.8.